The third kappa shape index (κ3) is 3.43. The summed E-state index contributed by atoms with van der Waals surface area (Å²) in [4.78, 5) is 2.31. The van der Waals surface area contributed by atoms with Gasteiger partial charge in [0, 0.05) is 38.1 Å². The highest BCUT2D eigenvalue weighted by atomic mass is 19.1. The predicted octanol–water partition coefficient (Wildman–Crippen LogP) is 3.39. The van der Waals surface area contributed by atoms with E-state index in [1.54, 1.807) is 24.3 Å². The van der Waals surface area contributed by atoms with E-state index < -0.39 is 0 Å². The molecule has 1 aliphatic heterocycles. The highest BCUT2D eigenvalue weighted by molar-refractivity contribution is 5.36. The number of hydrogen-bond donors (Lipinski definition) is 1. The van der Waals surface area contributed by atoms with Gasteiger partial charge in [-0.15, -0.1) is 0 Å². The highest BCUT2D eigenvalue weighted by Crippen LogP contribution is 2.34. The van der Waals surface area contributed by atoms with Crippen LogP contribution in [-0.4, -0.2) is 37.1 Å². The van der Waals surface area contributed by atoms with Gasteiger partial charge in [0.25, 0.3) is 0 Å². The molecule has 0 aliphatic carbocycles. The van der Waals surface area contributed by atoms with E-state index in [4.69, 9.17) is 0 Å². The van der Waals surface area contributed by atoms with E-state index in [2.05, 4.69) is 17.1 Å². The molecule has 1 N–H and O–H groups in total. The van der Waals surface area contributed by atoms with Gasteiger partial charge in [-0.25, -0.2) is 8.78 Å². The van der Waals surface area contributed by atoms with Crippen LogP contribution in [0.2, 0.25) is 0 Å². The molecule has 0 saturated carbocycles. The van der Waals surface area contributed by atoms with Crippen LogP contribution in [0.5, 0.6) is 0 Å². The average Bonchev–Trinajstić information content (AvgIpc) is 2.59. The molecule has 2 nitrogen and oxygen atoms in total. The zero-order chi connectivity index (χ0) is 16.2. The molecule has 1 fully saturated rings. The van der Waals surface area contributed by atoms with E-state index >= 15 is 0 Å². The van der Waals surface area contributed by atoms with Crippen molar-refractivity contribution >= 4 is 0 Å². The molecule has 1 atom stereocenters. The van der Waals surface area contributed by atoms with Crippen molar-refractivity contribution in [3.05, 3.63) is 71.3 Å². The lowest BCUT2D eigenvalue weighted by Gasteiger charge is -2.38. The van der Waals surface area contributed by atoms with Gasteiger partial charge in [-0.05, 0) is 30.2 Å². The van der Waals surface area contributed by atoms with Crippen LogP contribution in [0.25, 0.3) is 0 Å². The molecule has 1 saturated heterocycles. The maximum Gasteiger partial charge on any atom is 0.127 e. The molecule has 4 heteroatoms. The summed E-state index contributed by atoms with van der Waals surface area (Å²) in [5.41, 5.74) is 1.12. The monoisotopic (exact) mass is 316 g/mol. The maximum absolute atomic E-state index is 14.4. The Kier molecular flexibility index (Phi) is 5.03. The number of benzene rings is 2. The van der Waals surface area contributed by atoms with Gasteiger partial charge < -0.3 is 5.32 Å². The zero-order valence-corrected chi connectivity index (χ0v) is 13.3. The van der Waals surface area contributed by atoms with E-state index in [1.807, 2.05) is 12.1 Å². The first kappa shape index (κ1) is 16.1. The van der Waals surface area contributed by atoms with Gasteiger partial charge in [0.05, 0.1) is 0 Å². The van der Waals surface area contributed by atoms with Crippen LogP contribution in [0.1, 0.15) is 24.0 Å². The van der Waals surface area contributed by atoms with Crippen LogP contribution in [0, 0.1) is 11.6 Å². The second kappa shape index (κ2) is 7.20. The van der Waals surface area contributed by atoms with Crippen molar-refractivity contribution < 1.29 is 8.78 Å². The Labute approximate surface area is 136 Å². The fourth-order valence-electron chi connectivity index (χ4n) is 3.44. The first-order valence-corrected chi connectivity index (χ1v) is 8.12. The summed E-state index contributed by atoms with van der Waals surface area (Å²) in [5.74, 6) is -0.874. The van der Waals surface area contributed by atoms with Crippen LogP contribution in [0.4, 0.5) is 8.78 Å². The van der Waals surface area contributed by atoms with Gasteiger partial charge in [-0.3, -0.25) is 4.90 Å². The minimum absolute atomic E-state index is 0.0194. The first-order chi connectivity index (χ1) is 11.2. The Hall–Kier alpha value is -1.78. The van der Waals surface area contributed by atoms with E-state index in [-0.39, 0.29) is 23.6 Å². The summed E-state index contributed by atoms with van der Waals surface area (Å²) in [6.07, 6.45) is 0. The van der Waals surface area contributed by atoms with Crippen molar-refractivity contribution in [3.8, 4) is 0 Å². The van der Waals surface area contributed by atoms with Crippen molar-refractivity contribution in [2.75, 3.05) is 26.2 Å². The number of piperazine rings is 1. The van der Waals surface area contributed by atoms with Gasteiger partial charge >= 0.3 is 0 Å². The van der Waals surface area contributed by atoms with Crippen molar-refractivity contribution in [1.82, 2.24) is 10.2 Å². The second-order valence-electron chi connectivity index (χ2n) is 6.05. The molecule has 122 valence electrons. The van der Waals surface area contributed by atoms with E-state index in [0.29, 0.717) is 11.1 Å². The maximum atomic E-state index is 14.4. The molecular weight excluding hydrogens is 294 g/mol. The Morgan fingerprint density at radius 1 is 0.870 bits per heavy atom. The van der Waals surface area contributed by atoms with Gasteiger partial charge in [0.1, 0.15) is 11.6 Å². The second-order valence-corrected chi connectivity index (χ2v) is 6.05. The van der Waals surface area contributed by atoms with E-state index in [1.165, 1.54) is 12.1 Å². The Morgan fingerprint density at radius 2 is 1.35 bits per heavy atom. The number of nitrogens with zero attached hydrogens (tertiary/aromatic N) is 1. The van der Waals surface area contributed by atoms with Gasteiger partial charge in [-0.1, -0.05) is 36.4 Å². The minimum Gasteiger partial charge on any atom is -0.314 e. The molecule has 1 heterocycles. The van der Waals surface area contributed by atoms with Crippen molar-refractivity contribution in [3.63, 3.8) is 0 Å². The van der Waals surface area contributed by atoms with Crippen LogP contribution < -0.4 is 5.32 Å². The van der Waals surface area contributed by atoms with Crippen molar-refractivity contribution in [2.24, 2.45) is 0 Å². The quantitative estimate of drug-likeness (QED) is 0.930. The average molecular weight is 316 g/mol. The lowest BCUT2D eigenvalue weighted by Crippen LogP contribution is -2.49. The van der Waals surface area contributed by atoms with Crippen LogP contribution in [0.15, 0.2) is 48.5 Å². The first-order valence-electron chi connectivity index (χ1n) is 8.12. The SMILES string of the molecule is CC(C(c1ccccc1F)c1ccccc1F)N1CCNCC1. The summed E-state index contributed by atoms with van der Waals surface area (Å²) in [7, 11) is 0. The highest BCUT2D eigenvalue weighted by Gasteiger charge is 2.30. The molecular formula is C19H22F2N2. The van der Waals surface area contributed by atoms with Crippen molar-refractivity contribution in [1.29, 1.82) is 0 Å². The number of halogens is 2. The third-order valence-corrected chi connectivity index (χ3v) is 4.69. The van der Waals surface area contributed by atoms with Gasteiger partial charge in [-0.2, -0.15) is 0 Å². The lowest BCUT2D eigenvalue weighted by atomic mass is 9.84. The third-order valence-electron chi connectivity index (χ3n) is 4.69. The zero-order valence-electron chi connectivity index (χ0n) is 13.3. The topological polar surface area (TPSA) is 15.3 Å². The molecule has 1 aliphatic rings. The fourth-order valence-corrected chi connectivity index (χ4v) is 3.44. The van der Waals surface area contributed by atoms with Gasteiger partial charge in [0.15, 0.2) is 0 Å². The molecule has 23 heavy (non-hydrogen) atoms. The molecule has 0 amide bonds. The lowest BCUT2D eigenvalue weighted by molar-refractivity contribution is 0.169. The molecule has 1 unspecified atom stereocenters. The molecule has 0 aromatic heterocycles. The number of nitrogens with one attached hydrogen (secondary N) is 1. The minimum atomic E-state index is -0.324. The number of rotatable bonds is 4. The Balaban J connectivity index is 2.03. The van der Waals surface area contributed by atoms with Crippen LogP contribution in [-0.2, 0) is 0 Å². The predicted molar refractivity (Wildman–Crippen MR) is 88.5 cm³/mol. The van der Waals surface area contributed by atoms with E-state index in [9.17, 15) is 8.78 Å². The summed E-state index contributed by atoms with van der Waals surface area (Å²) < 4.78 is 28.9. The van der Waals surface area contributed by atoms with Crippen molar-refractivity contribution in [2.45, 2.75) is 18.9 Å². The van der Waals surface area contributed by atoms with Crippen LogP contribution in [0.3, 0.4) is 0 Å². The Morgan fingerprint density at radius 3 is 1.83 bits per heavy atom. The fraction of sp³-hybridized carbons (Fsp3) is 0.368. The van der Waals surface area contributed by atoms with E-state index in [0.717, 1.165) is 26.2 Å². The normalized spacial score (nSPS) is 17.4. The standard InChI is InChI=1S/C19H22F2N2/c1-14(23-12-10-22-11-13-23)19(15-6-2-4-8-17(15)20)16-7-3-5-9-18(16)21/h2-9,14,19,22H,10-13H2,1H3. The molecule has 0 spiro atoms. The number of hydrogen-bond acceptors (Lipinski definition) is 2. The Bertz CT molecular complexity index is 608. The summed E-state index contributed by atoms with van der Waals surface area (Å²) in [6.45, 7) is 5.66. The van der Waals surface area contributed by atoms with Gasteiger partial charge in [0.2, 0.25) is 0 Å². The largest absolute Gasteiger partial charge is 0.314 e. The molecule has 3 rings (SSSR count). The summed E-state index contributed by atoms with van der Waals surface area (Å²) in [6, 6.07) is 13.4. The molecule has 0 bridgehead atoms. The smallest absolute Gasteiger partial charge is 0.127 e. The van der Waals surface area contributed by atoms with Crippen LogP contribution >= 0.6 is 0 Å². The molecule has 2 aromatic carbocycles. The molecule has 2 aromatic rings. The summed E-state index contributed by atoms with van der Waals surface area (Å²) >= 11 is 0. The summed E-state index contributed by atoms with van der Waals surface area (Å²) in [5, 5.41) is 3.32. The molecule has 0 radical (unpaired) electrons.